The Hall–Kier alpha value is -0.730. The summed E-state index contributed by atoms with van der Waals surface area (Å²) in [6.07, 6.45) is 4.33. The summed E-state index contributed by atoms with van der Waals surface area (Å²) in [7, 11) is -2.00. The van der Waals surface area contributed by atoms with Crippen LogP contribution in [0.3, 0.4) is 0 Å². The third kappa shape index (κ3) is 3.64. The molecule has 0 saturated carbocycles. The molecule has 0 radical (unpaired) electrons. The van der Waals surface area contributed by atoms with Crippen LogP contribution in [0.4, 0.5) is 5.82 Å². The van der Waals surface area contributed by atoms with E-state index in [1.807, 2.05) is 20.1 Å². The Morgan fingerprint density at radius 2 is 2.21 bits per heavy atom. The van der Waals surface area contributed by atoms with Gasteiger partial charge in [-0.2, -0.15) is 21.2 Å². The Bertz CT molecular complexity index is 513. The second kappa shape index (κ2) is 6.62. The zero-order valence-electron chi connectivity index (χ0n) is 11.8. The van der Waals surface area contributed by atoms with Crippen LogP contribution in [-0.2, 0) is 16.6 Å². The van der Waals surface area contributed by atoms with E-state index in [4.69, 9.17) is 5.73 Å². The number of rotatable bonds is 7. The van der Waals surface area contributed by atoms with Crippen molar-refractivity contribution in [3.05, 3.63) is 6.20 Å². The van der Waals surface area contributed by atoms with Crippen molar-refractivity contribution in [3.63, 3.8) is 0 Å². The Labute approximate surface area is 119 Å². The summed E-state index contributed by atoms with van der Waals surface area (Å²) in [6, 6.07) is -0.0890. The lowest BCUT2D eigenvalue weighted by molar-refractivity contribution is 0.415. The van der Waals surface area contributed by atoms with E-state index in [1.54, 1.807) is 23.5 Å². The monoisotopic (exact) mass is 306 g/mol. The fourth-order valence-corrected chi connectivity index (χ4v) is 3.92. The summed E-state index contributed by atoms with van der Waals surface area (Å²) in [5, 5.41) is 4.04. The van der Waals surface area contributed by atoms with Gasteiger partial charge in [-0.1, -0.05) is 6.92 Å². The molecule has 0 aliphatic rings. The first-order chi connectivity index (χ1) is 8.84. The van der Waals surface area contributed by atoms with E-state index in [9.17, 15) is 8.42 Å². The van der Waals surface area contributed by atoms with Crippen LogP contribution in [0.15, 0.2) is 11.1 Å². The lowest BCUT2D eigenvalue weighted by atomic mass is 10.4. The number of nitrogens with zero attached hydrogens (tertiary/aromatic N) is 3. The maximum Gasteiger partial charge on any atom is 0.248 e. The van der Waals surface area contributed by atoms with E-state index >= 15 is 0 Å². The summed E-state index contributed by atoms with van der Waals surface area (Å²) < 4.78 is 27.9. The maximum atomic E-state index is 12.5. The molecule has 0 fully saturated rings. The number of sulfonamides is 1. The first-order valence-electron chi connectivity index (χ1n) is 6.14. The van der Waals surface area contributed by atoms with Crippen LogP contribution >= 0.6 is 11.8 Å². The molecule has 1 unspecified atom stereocenters. The van der Waals surface area contributed by atoms with E-state index in [0.717, 1.165) is 12.2 Å². The third-order valence-electron chi connectivity index (χ3n) is 2.89. The maximum absolute atomic E-state index is 12.5. The van der Waals surface area contributed by atoms with Gasteiger partial charge in [0.2, 0.25) is 10.0 Å². The number of thioether (sulfide) groups is 1. The van der Waals surface area contributed by atoms with Crippen LogP contribution in [0.5, 0.6) is 0 Å². The normalized spacial score (nSPS) is 13.9. The Morgan fingerprint density at radius 1 is 1.58 bits per heavy atom. The highest BCUT2D eigenvalue weighted by Gasteiger charge is 2.29. The molecule has 0 aliphatic heterocycles. The summed E-state index contributed by atoms with van der Waals surface area (Å²) in [4.78, 5) is 0.0939. The van der Waals surface area contributed by atoms with Gasteiger partial charge in [-0.15, -0.1) is 0 Å². The molecule has 19 heavy (non-hydrogen) atoms. The van der Waals surface area contributed by atoms with Gasteiger partial charge >= 0.3 is 0 Å². The van der Waals surface area contributed by atoms with Crippen LogP contribution in [-0.4, -0.2) is 47.6 Å². The molecule has 0 aliphatic carbocycles. The highest BCUT2D eigenvalue weighted by molar-refractivity contribution is 7.98. The van der Waals surface area contributed by atoms with E-state index < -0.39 is 10.0 Å². The molecule has 1 atom stereocenters. The van der Waals surface area contributed by atoms with Crippen molar-refractivity contribution in [2.75, 3.05) is 24.8 Å². The molecule has 6 nitrogen and oxygen atoms in total. The van der Waals surface area contributed by atoms with Crippen LogP contribution in [0, 0.1) is 0 Å². The topological polar surface area (TPSA) is 81.2 Å². The second-order valence-corrected chi connectivity index (χ2v) is 7.34. The second-order valence-electron chi connectivity index (χ2n) is 4.47. The molecule has 1 rings (SSSR count). The molecule has 0 aromatic carbocycles. The number of aromatic nitrogens is 2. The Balaban J connectivity index is 3.05. The standard InChI is InChI=1S/C11H22N4O2S2/c1-5-6-15-7-10(11(12)13-15)19(16,17)14(3)9(2)8-18-4/h7,9H,5-6,8H2,1-4H3,(H2,12,13). The molecule has 1 heterocycles. The molecule has 0 spiro atoms. The molecule has 2 N–H and O–H groups in total. The van der Waals surface area contributed by atoms with Gasteiger partial charge in [0, 0.05) is 31.6 Å². The van der Waals surface area contributed by atoms with Crippen molar-refractivity contribution >= 4 is 27.6 Å². The van der Waals surface area contributed by atoms with Gasteiger partial charge in [0.15, 0.2) is 5.82 Å². The number of hydrogen-bond acceptors (Lipinski definition) is 5. The quantitative estimate of drug-likeness (QED) is 0.820. The van der Waals surface area contributed by atoms with Gasteiger partial charge in [-0.25, -0.2) is 8.42 Å². The third-order valence-corrected chi connectivity index (χ3v) is 5.70. The van der Waals surface area contributed by atoms with Crippen molar-refractivity contribution < 1.29 is 8.42 Å². The average molecular weight is 306 g/mol. The average Bonchev–Trinajstić information content (AvgIpc) is 2.70. The lowest BCUT2D eigenvalue weighted by Gasteiger charge is -2.23. The molecule has 0 bridgehead atoms. The van der Waals surface area contributed by atoms with Gasteiger partial charge in [-0.3, -0.25) is 4.68 Å². The number of aryl methyl sites for hydroxylation is 1. The Morgan fingerprint density at radius 3 is 2.74 bits per heavy atom. The van der Waals surface area contributed by atoms with Gasteiger partial charge < -0.3 is 5.73 Å². The van der Waals surface area contributed by atoms with Gasteiger partial charge in [0.05, 0.1) is 0 Å². The van der Waals surface area contributed by atoms with Crippen LogP contribution in [0.2, 0.25) is 0 Å². The first kappa shape index (κ1) is 16.3. The summed E-state index contributed by atoms with van der Waals surface area (Å²) >= 11 is 1.61. The van der Waals surface area contributed by atoms with Crippen LogP contribution in [0.25, 0.3) is 0 Å². The fraction of sp³-hybridized carbons (Fsp3) is 0.727. The van der Waals surface area contributed by atoms with Crippen LogP contribution < -0.4 is 5.73 Å². The zero-order chi connectivity index (χ0) is 14.6. The molecule has 0 saturated heterocycles. The van der Waals surface area contributed by atoms with Crippen molar-refractivity contribution in [3.8, 4) is 0 Å². The van der Waals surface area contributed by atoms with E-state index in [0.29, 0.717) is 6.54 Å². The molecule has 1 aromatic heterocycles. The number of anilines is 1. The number of hydrogen-bond donors (Lipinski definition) is 1. The SMILES string of the molecule is CCCn1cc(S(=O)(=O)N(C)C(C)CSC)c(N)n1. The summed E-state index contributed by atoms with van der Waals surface area (Å²) in [6.45, 7) is 4.53. The number of nitrogens with two attached hydrogens (primary N) is 1. The summed E-state index contributed by atoms with van der Waals surface area (Å²) in [5.74, 6) is 0.801. The van der Waals surface area contributed by atoms with Crippen molar-refractivity contribution in [1.29, 1.82) is 0 Å². The van der Waals surface area contributed by atoms with Crippen LogP contribution in [0.1, 0.15) is 20.3 Å². The predicted octanol–water partition coefficient (Wildman–Crippen LogP) is 1.25. The van der Waals surface area contributed by atoms with Crippen molar-refractivity contribution in [2.24, 2.45) is 0 Å². The predicted molar refractivity (Wildman–Crippen MR) is 79.7 cm³/mol. The number of nitrogen functional groups attached to an aromatic ring is 1. The minimum Gasteiger partial charge on any atom is -0.381 e. The molecule has 0 amide bonds. The molecule has 8 heteroatoms. The lowest BCUT2D eigenvalue weighted by Crippen LogP contribution is -2.36. The van der Waals surface area contributed by atoms with Gasteiger partial charge in [-0.05, 0) is 19.6 Å². The molecule has 1 aromatic rings. The highest BCUT2D eigenvalue weighted by atomic mass is 32.2. The molecule has 110 valence electrons. The zero-order valence-corrected chi connectivity index (χ0v) is 13.5. The Kier molecular flexibility index (Phi) is 5.69. The van der Waals surface area contributed by atoms with Crippen molar-refractivity contribution in [2.45, 2.75) is 37.8 Å². The largest absolute Gasteiger partial charge is 0.381 e. The molecular formula is C11H22N4O2S2. The minimum atomic E-state index is -3.58. The fourth-order valence-electron chi connectivity index (χ4n) is 1.70. The van der Waals surface area contributed by atoms with Crippen molar-refractivity contribution in [1.82, 2.24) is 14.1 Å². The molecular weight excluding hydrogens is 284 g/mol. The van der Waals surface area contributed by atoms with E-state index in [-0.39, 0.29) is 16.8 Å². The summed E-state index contributed by atoms with van der Waals surface area (Å²) in [5.41, 5.74) is 5.73. The minimum absolute atomic E-state index is 0.0663. The smallest absolute Gasteiger partial charge is 0.248 e. The highest BCUT2D eigenvalue weighted by Crippen LogP contribution is 2.22. The van der Waals surface area contributed by atoms with E-state index in [1.165, 1.54) is 10.5 Å². The van der Waals surface area contributed by atoms with Gasteiger partial charge in [0.1, 0.15) is 4.90 Å². The first-order valence-corrected chi connectivity index (χ1v) is 8.97. The van der Waals surface area contributed by atoms with E-state index in [2.05, 4.69) is 5.10 Å². The van der Waals surface area contributed by atoms with Gasteiger partial charge in [0.25, 0.3) is 0 Å².